The van der Waals surface area contributed by atoms with E-state index in [1.807, 2.05) is 6.92 Å². The van der Waals surface area contributed by atoms with Gasteiger partial charge in [0, 0.05) is 19.3 Å². The number of rotatable bonds is 8. The molecule has 0 atom stereocenters. The Morgan fingerprint density at radius 3 is 2.62 bits per heavy atom. The maximum absolute atomic E-state index is 12.0. The zero-order valence-corrected chi connectivity index (χ0v) is 12.4. The van der Waals surface area contributed by atoms with Gasteiger partial charge in [0.15, 0.2) is 0 Å². The van der Waals surface area contributed by atoms with Crippen molar-refractivity contribution in [1.29, 1.82) is 0 Å². The summed E-state index contributed by atoms with van der Waals surface area (Å²) in [5.74, 6) is 0.415. The fourth-order valence-corrected chi connectivity index (χ4v) is 2.42. The second-order valence-electron chi connectivity index (χ2n) is 4.23. The molecule has 10 heteroatoms. The average molecular weight is 311 g/mol. The van der Waals surface area contributed by atoms with Crippen molar-refractivity contribution in [3.05, 3.63) is 24.8 Å². The van der Waals surface area contributed by atoms with Crippen LogP contribution in [0, 0.1) is 0 Å². The van der Waals surface area contributed by atoms with Gasteiger partial charge in [-0.15, -0.1) is 5.10 Å². The number of nitrogens with zero attached hydrogens (tertiary/aromatic N) is 5. The Morgan fingerprint density at radius 1 is 1.24 bits per heavy atom. The minimum Gasteiger partial charge on any atom is -0.354 e. The summed E-state index contributed by atoms with van der Waals surface area (Å²) in [4.78, 5) is 7.97. The molecule has 2 aromatic heterocycles. The van der Waals surface area contributed by atoms with Crippen molar-refractivity contribution in [1.82, 2.24) is 29.7 Å². The minimum absolute atomic E-state index is 0.0307. The molecule has 0 aliphatic rings. The Morgan fingerprint density at radius 2 is 2.00 bits per heavy atom. The van der Waals surface area contributed by atoms with Crippen LogP contribution in [0.4, 0.5) is 5.95 Å². The molecule has 2 heterocycles. The maximum Gasteiger partial charge on any atom is 0.243 e. The van der Waals surface area contributed by atoms with E-state index in [0.29, 0.717) is 12.5 Å². The van der Waals surface area contributed by atoms with Gasteiger partial charge in [-0.25, -0.2) is 23.1 Å². The Bertz CT molecular complexity index is 640. The lowest BCUT2D eigenvalue weighted by Gasteiger charge is -2.07. The molecule has 21 heavy (non-hydrogen) atoms. The molecule has 0 aliphatic heterocycles. The number of sulfonamides is 1. The summed E-state index contributed by atoms with van der Waals surface area (Å²) in [6, 6.07) is 0. The lowest BCUT2D eigenvalue weighted by atomic mass is 10.5. The normalized spacial score (nSPS) is 11.5. The molecule has 0 radical (unpaired) electrons. The van der Waals surface area contributed by atoms with Crippen LogP contribution in [0.2, 0.25) is 0 Å². The van der Waals surface area contributed by atoms with E-state index in [9.17, 15) is 8.42 Å². The minimum atomic E-state index is -3.62. The first-order valence-electron chi connectivity index (χ1n) is 6.51. The summed E-state index contributed by atoms with van der Waals surface area (Å²) < 4.78 is 28.1. The number of aromatic nitrogens is 5. The van der Waals surface area contributed by atoms with Crippen molar-refractivity contribution < 1.29 is 8.42 Å². The second-order valence-corrected chi connectivity index (χ2v) is 6.00. The quantitative estimate of drug-likeness (QED) is 0.697. The molecule has 0 aliphatic carbocycles. The summed E-state index contributed by atoms with van der Waals surface area (Å²) in [7, 11) is -3.62. The van der Waals surface area contributed by atoms with E-state index >= 15 is 0 Å². The third-order valence-electron chi connectivity index (χ3n) is 2.58. The number of hydrogen-bond acceptors (Lipinski definition) is 7. The van der Waals surface area contributed by atoms with Gasteiger partial charge in [0.2, 0.25) is 16.0 Å². The average Bonchev–Trinajstić information content (AvgIpc) is 2.98. The van der Waals surface area contributed by atoms with Crippen molar-refractivity contribution in [3.63, 3.8) is 0 Å². The standard InChI is InChI=1S/C11H17N7O2S/c1-2-3-12-11-13-8-10(9-14-11)21(19,20)16-5-7-18-6-4-15-17-18/h4,6,8-9,16H,2-3,5,7H2,1H3,(H,12,13,14). The van der Waals surface area contributed by atoms with Gasteiger partial charge in [-0.05, 0) is 6.42 Å². The third kappa shape index (κ3) is 4.46. The molecule has 0 saturated carbocycles. The molecule has 2 rings (SSSR count). The molecule has 9 nitrogen and oxygen atoms in total. The molecule has 0 aromatic carbocycles. The second kappa shape index (κ2) is 7.09. The highest BCUT2D eigenvalue weighted by atomic mass is 32.2. The van der Waals surface area contributed by atoms with Gasteiger partial charge >= 0.3 is 0 Å². The summed E-state index contributed by atoms with van der Waals surface area (Å²) in [5, 5.41) is 10.4. The van der Waals surface area contributed by atoms with Gasteiger partial charge in [-0.2, -0.15) is 0 Å². The summed E-state index contributed by atoms with van der Waals surface area (Å²) in [5.41, 5.74) is 0. The van der Waals surface area contributed by atoms with Gasteiger partial charge in [0.05, 0.1) is 25.1 Å². The van der Waals surface area contributed by atoms with Crippen LogP contribution >= 0.6 is 0 Å². The van der Waals surface area contributed by atoms with Crippen LogP contribution in [-0.2, 0) is 16.6 Å². The van der Waals surface area contributed by atoms with Gasteiger partial charge in [-0.3, -0.25) is 4.68 Å². The molecule has 0 bridgehead atoms. The van der Waals surface area contributed by atoms with Crippen molar-refractivity contribution in [3.8, 4) is 0 Å². The zero-order valence-electron chi connectivity index (χ0n) is 11.6. The first-order valence-corrected chi connectivity index (χ1v) is 8.00. The molecule has 2 aromatic rings. The van der Waals surface area contributed by atoms with Gasteiger partial charge in [0.1, 0.15) is 4.90 Å². The maximum atomic E-state index is 12.0. The van der Waals surface area contributed by atoms with E-state index < -0.39 is 10.0 Å². The fourth-order valence-electron chi connectivity index (χ4n) is 1.51. The van der Waals surface area contributed by atoms with Crippen LogP contribution in [0.3, 0.4) is 0 Å². The van der Waals surface area contributed by atoms with Crippen LogP contribution < -0.4 is 10.0 Å². The van der Waals surface area contributed by atoms with Crippen LogP contribution in [0.5, 0.6) is 0 Å². The predicted octanol–water partition coefficient (Wildman–Crippen LogP) is -0.131. The predicted molar refractivity (Wildman–Crippen MR) is 76.0 cm³/mol. The molecule has 0 saturated heterocycles. The highest BCUT2D eigenvalue weighted by Crippen LogP contribution is 2.07. The fraction of sp³-hybridized carbons (Fsp3) is 0.455. The van der Waals surface area contributed by atoms with Crippen molar-refractivity contribution >= 4 is 16.0 Å². The number of anilines is 1. The van der Waals surface area contributed by atoms with Crippen LogP contribution in [-0.4, -0.2) is 46.5 Å². The first kappa shape index (κ1) is 15.3. The van der Waals surface area contributed by atoms with Crippen molar-refractivity contribution in [2.75, 3.05) is 18.4 Å². The van der Waals surface area contributed by atoms with Gasteiger partial charge in [-0.1, -0.05) is 12.1 Å². The van der Waals surface area contributed by atoms with E-state index in [-0.39, 0.29) is 11.4 Å². The molecule has 114 valence electrons. The van der Waals surface area contributed by atoms with E-state index in [1.165, 1.54) is 23.3 Å². The molecule has 2 N–H and O–H groups in total. The van der Waals surface area contributed by atoms with Crippen LogP contribution in [0.15, 0.2) is 29.7 Å². The summed E-state index contributed by atoms with van der Waals surface area (Å²) in [6.45, 7) is 3.37. The zero-order chi connectivity index (χ0) is 15.1. The Balaban J connectivity index is 1.92. The smallest absolute Gasteiger partial charge is 0.243 e. The van der Waals surface area contributed by atoms with E-state index in [1.54, 1.807) is 6.20 Å². The van der Waals surface area contributed by atoms with Crippen LogP contribution in [0.25, 0.3) is 0 Å². The monoisotopic (exact) mass is 311 g/mol. The third-order valence-corrected chi connectivity index (χ3v) is 3.99. The topological polar surface area (TPSA) is 115 Å². The molecule has 0 unspecified atom stereocenters. The summed E-state index contributed by atoms with van der Waals surface area (Å²) in [6.07, 6.45) is 6.69. The molecule has 0 spiro atoms. The van der Waals surface area contributed by atoms with E-state index in [0.717, 1.165) is 13.0 Å². The Hall–Kier alpha value is -2.07. The first-order chi connectivity index (χ1) is 10.1. The van der Waals surface area contributed by atoms with Crippen molar-refractivity contribution in [2.45, 2.75) is 24.8 Å². The highest BCUT2D eigenvalue weighted by Gasteiger charge is 2.14. The van der Waals surface area contributed by atoms with E-state index in [4.69, 9.17) is 0 Å². The van der Waals surface area contributed by atoms with Gasteiger partial charge < -0.3 is 5.32 Å². The lowest BCUT2D eigenvalue weighted by molar-refractivity contribution is 0.552. The number of hydrogen-bond donors (Lipinski definition) is 2. The summed E-state index contributed by atoms with van der Waals surface area (Å²) >= 11 is 0. The molecular formula is C11H17N7O2S. The lowest BCUT2D eigenvalue weighted by Crippen LogP contribution is -2.28. The number of nitrogens with one attached hydrogen (secondary N) is 2. The highest BCUT2D eigenvalue weighted by molar-refractivity contribution is 7.89. The molecular weight excluding hydrogens is 294 g/mol. The van der Waals surface area contributed by atoms with E-state index in [2.05, 4.69) is 30.3 Å². The van der Waals surface area contributed by atoms with Crippen molar-refractivity contribution in [2.24, 2.45) is 0 Å². The molecule has 0 amide bonds. The molecule has 0 fully saturated rings. The Kier molecular flexibility index (Phi) is 5.17. The van der Waals surface area contributed by atoms with Crippen LogP contribution in [0.1, 0.15) is 13.3 Å². The SMILES string of the molecule is CCCNc1ncc(S(=O)(=O)NCCn2ccnn2)cn1. The van der Waals surface area contributed by atoms with Gasteiger partial charge in [0.25, 0.3) is 0 Å². The largest absolute Gasteiger partial charge is 0.354 e. The Labute approximate surface area is 122 Å².